The number of aryl methyl sites for hydroxylation is 1. The van der Waals surface area contributed by atoms with Gasteiger partial charge in [-0.2, -0.15) is 4.31 Å². The highest BCUT2D eigenvalue weighted by atomic mass is 35.5. The van der Waals surface area contributed by atoms with Crippen LogP contribution in [0, 0.1) is 12.8 Å². The highest BCUT2D eigenvalue weighted by Crippen LogP contribution is 2.27. The average molecular weight is 436 g/mol. The minimum Gasteiger partial charge on any atom is -0.545 e. The number of hydrogen-bond acceptors (Lipinski definition) is 5. The fraction of sp³-hybridized carbons (Fsp3) is 0.300. The number of carbonyl (C=O) groups is 2. The van der Waals surface area contributed by atoms with Crippen LogP contribution in [0.3, 0.4) is 0 Å². The summed E-state index contributed by atoms with van der Waals surface area (Å²) in [5, 5.41) is 14.0. The topological polar surface area (TPSA) is 107 Å². The molecule has 1 aliphatic rings. The molecule has 154 valence electrons. The van der Waals surface area contributed by atoms with Crippen LogP contribution in [-0.4, -0.2) is 37.7 Å². The van der Waals surface area contributed by atoms with Crippen LogP contribution in [0.5, 0.6) is 0 Å². The van der Waals surface area contributed by atoms with Gasteiger partial charge in [0, 0.05) is 23.8 Å². The van der Waals surface area contributed by atoms with E-state index in [-0.39, 0.29) is 22.9 Å². The third-order valence-electron chi connectivity index (χ3n) is 4.91. The number of nitrogens with one attached hydrogen (secondary N) is 1. The Balaban J connectivity index is 1.71. The normalized spacial score (nSPS) is 17.7. The van der Waals surface area contributed by atoms with Crippen molar-refractivity contribution in [3.05, 3.63) is 58.6 Å². The quantitative estimate of drug-likeness (QED) is 0.773. The monoisotopic (exact) mass is 435 g/mol. The summed E-state index contributed by atoms with van der Waals surface area (Å²) >= 11 is 5.99. The number of carboxylic acids is 1. The molecule has 0 aliphatic carbocycles. The van der Waals surface area contributed by atoms with Crippen molar-refractivity contribution in [1.82, 2.24) is 4.31 Å². The maximum Gasteiger partial charge on any atom is 0.243 e. The van der Waals surface area contributed by atoms with E-state index in [4.69, 9.17) is 11.6 Å². The van der Waals surface area contributed by atoms with Crippen LogP contribution >= 0.6 is 11.6 Å². The Morgan fingerprint density at radius 3 is 2.48 bits per heavy atom. The SMILES string of the molecule is Cc1cc(S(=O)(=O)N2CCC[C@@H](C(=O)Nc3ccc(C(=O)[O-])cc3)C2)ccc1Cl. The number of halogens is 1. The summed E-state index contributed by atoms with van der Waals surface area (Å²) < 4.78 is 27.3. The lowest BCUT2D eigenvalue weighted by Crippen LogP contribution is -2.43. The number of carbonyl (C=O) groups excluding carboxylic acids is 2. The van der Waals surface area contributed by atoms with Gasteiger partial charge in [-0.05, 0) is 61.2 Å². The standard InChI is InChI=1S/C20H21ClN2O5S/c1-13-11-17(8-9-18(13)21)29(27,28)23-10-2-3-15(12-23)19(24)22-16-6-4-14(5-7-16)20(25)26/h4-9,11,15H,2-3,10,12H2,1H3,(H,22,24)(H,25,26)/p-1/t15-/m1/s1. The van der Waals surface area contributed by atoms with Gasteiger partial charge >= 0.3 is 0 Å². The molecule has 0 bridgehead atoms. The number of carboxylic acid groups (broad SMARTS) is 1. The molecular formula is C20H20ClN2O5S-. The molecule has 1 amide bonds. The Kier molecular flexibility index (Phi) is 6.26. The van der Waals surface area contributed by atoms with Gasteiger partial charge in [0.2, 0.25) is 15.9 Å². The highest BCUT2D eigenvalue weighted by Gasteiger charge is 2.33. The van der Waals surface area contributed by atoms with E-state index in [1.807, 2.05) is 0 Å². The maximum atomic E-state index is 13.0. The first-order valence-electron chi connectivity index (χ1n) is 9.07. The summed E-state index contributed by atoms with van der Waals surface area (Å²) in [6, 6.07) is 10.2. The minimum absolute atomic E-state index is 0.0104. The smallest absolute Gasteiger partial charge is 0.243 e. The molecular weight excluding hydrogens is 416 g/mol. The van der Waals surface area contributed by atoms with Crippen LogP contribution in [0.25, 0.3) is 0 Å². The molecule has 2 aromatic rings. The van der Waals surface area contributed by atoms with Crippen molar-refractivity contribution < 1.29 is 23.1 Å². The van der Waals surface area contributed by atoms with E-state index in [1.165, 1.54) is 40.7 Å². The van der Waals surface area contributed by atoms with Gasteiger partial charge in [0.05, 0.1) is 16.8 Å². The zero-order chi connectivity index (χ0) is 21.2. The number of benzene rings is 2. The Hall–Kier alpha value is -2.42. The zero-order valence-corrected chi connectivity index (χ0v) is 17.3. The number of aromatic carboxylic acids is 1. The molecule has 0 unspecified atom stereocenters. The third-order valence-corrected chi connectivity index (χ3v) is 7.20. The van der Waals surface area contributed by atoms with Crippen molar-refractivity contribution in [1.29, 1.82) is 0 Å². The summed E-state index contributed by atoms with van der Waals surface area (Å²) in [5.41, 5.74) is 1.11. The molecule has 2 aromatic carbocycles. The van der Waals surface area contributed by atoms with E-state index in [0.717, 1.165) is 0 Å². The van der Waals surface area contributed by atoms with Crippen LogP contribution in [0.1, 0.15) is 28.8 Å². The number of rotatable bonds is 5. The minimum atomic E-state index is -3.73. The molecule has 1 saturated heterocycles. The molecule has 1 heterocycles. The second-order valence-electron chi connectivity index (χ2n) is 6.97. The fourth-order valence-corrected chi connectivity index (χ4v) is 4.96. The number of sulfonamides is 1. The second kappa shape index (κ2) is 8.52. The molecule has 1 atom stereocenters. The molecule has 0 aromatic heterocycles. The van der Waals surface area contributed by atoms with Gasteiger partial charge in [-0.15, -0.1) is 0 Å². The average Bonchev–Trinajstić information content (AvgIpc) is 2.70. The molecule has 0 spiro atoms. The van der Waals surface area contributed by atoms with Crippen molar-refractivity contribution in [3.63, 3.8) is 0 Å². The predicted molar refractivity (Wildman–Crippen MR) is 107 cm³/mol. The van der Waals surface area contributed by atoms with E-state index in [1.54, 1.807) is 13.0 Å². The van der Waals surface area contributed by atoms with Crippen molar-refractivity contribution >= 4 is 39.2 Å². The van der Waals surface area contributed by atoms with Crippen LogP contribution in [-0.2, 0) is 14.8 Å². The lowest BCUT2D eigenvalue weighted by atomic mass is 9.98. The molecule has 7 nitrogen and oxygen atoms in total. The van der Waals surface area contributed by atoms with Gasteiger partial charge in [-0.3, -0.25) is 4.79 Å². The summed E-state index contributed by atoms with van der Waals surface area (Å²) in [7, 11) is -3.73. The highest BCUT2D eigenvalue weighted by molar-refractivity contribution is 7.89. The Labute approximate surface area is 174 Å². The van der Waals surface area contributed by atoms with E-state index in [0.29, 0.717) is 35.7 Å². The van der Waals surface area contributed by atoms with Gasteiger partial charge in [0.15, 0.2) is 0 Å². The van der Waals surface area contributed by atoms with E-state index >= 15 is 0 Å². The summed E-state index contributed by atoms with van der Waals surface area (Å²) in [6.45, 7) is 2.15. The molecule has 29 heavy (non-hydrogen) atoms. The molecule has 0 saturated carbocycles. The van der Waals surface area contributed by atoms with Crippen LogP contribution < -0.4 is 10.4 Å². The number of nitrogens with zero attached hydrogens (tertiary/aromatic N) is 1. The molecule has 1 N–H and O–H groups in total. The third kappa shape index (κ3) is 4.77. The number of hydrogen-bond donors (Lipinski definition) is 1. The largest absolute Gasteiger partial charge is 0.545 e. The van der Waals surface area contributed by atoms with Gasteiger partial charge in [-0.25, -0.2) is 8.42 Å². The number of piperidine rings is 1. The van der Waals surface area contributed by atoms with Crippen molar-refractivity contribution in [3.8, 4) is 0 Å². The first-order valence-corrected chi connectivity index (χ1v) is 10.9. The predicted octanol–water partition coefficient (Wildman–Crippen LogP) is 2.05. The Morgan fingerprint density at radius 2 is 1.86 bits per heavy atom. The maximum absolute atomic E-state index is 13.0. The first-order chi connectivity index (χ1) is 13.7. The van der Waals surface area contributed by atoms with Crippen molar-refractivity contribution in [2.24, 2.45) is 5.92 Å². The Bertz CT molecular complexity index is 1040. The van der Waals surface area contributed by atoms with Crippen molar-refractivity contribution in [2.75, 3.05) is 18.4 Å². The van der Waals surface area contributed by atoms with E-state index < -0.39 is 21.9 Å². The van der Waals surface area contributed by atoms with E-state index in [2.05, 4.69) is 5.32 Å². The van der Waals surface area contributed by atoms with E-state index in [9.17, 15) is 23.1 Å². The van der Waals surface area contributed by atoms with Gasteiger partial charge in [0.25, 0.3) is 0 Å². The molecule has 0 radical (unpaired) electrons. The van der Waals surface area contributed by atoms with Crippen LogP contribution in [0.15, 0.2) is 47.4 Å². The molecule has 3 rings (SSSR count). The lowest BCUT2D eigenvalue weighted by Gasteiger charge is -2.31. The van der Waals surface area contributed by atoms with Crippen molar-refractivity contribution in [2.45, 2.75) is 24.7 Å². The Morgan fingerprint density at radius 1 is 1.17 bits per heavy atom. The van der Waals surface area contributed by atoms with Gasteiger partial charge < -0.3 is 15.2 Å². The van der Waals surface area contributed by atoms with Crippen LogP contribution in [0.2, 0.25) is 5.02 Å². The summed E-state index contributed by atoms with van der Waals surface area (Å²) in [4.78, 5) is 23.6. The number of amides is 1. The second-order valence-corrected chi connectivity index (χ2v) is 9.31. The molecule has 9 heteroatoms. The lowest BCUT2D eigenvalue weighted by molar-refractivity contribution is -0.255. The van der Waals surface area contributed by atoms with Gasteiger partial charge in [0.1, 0.15) is 0 Å². The molecule has 1 fully saturated rings. The summed E-state index contributed by atoms with van der Waals surface area (Å²) in [5.74, 6) is -2.11. The number of anilines is 1. The molecule has 1 aliphatic heterocycles. The van der Waals surface area contributed by atoms with Crippen LogP contribution in [0.4, 0.5) is 5.69 Å². The van der Waals surface area contributed by atoms with Gasteiger partial charge in [-0.1, -0.05) is 23.7 Å². The zero-order valence-electron chi connectivity index (χ0n) is 15.7. The summed E-state index contributed by atoms with van der Waals surface area (Å²) in [6.07, 6.45) is 1.13. The first kappa shape index (κ1) is 21.3. The fourth-order valence-electron chi connectivity index (χ4n) is 3.24.